The molecule has 0 fully saturated rings. The summed E-state index contributed by atoms with van der Waals surface area (Å²) < 4.78 is 11.8. The van der Waals surface area contributed by atoms with Crippen LogP contribution < -0.4 is 5.32 Å². The molecular formula is C16H26BrNO2. The average Bonchev–Trinajstić information content (AvgIpc) is 2.45. The van der Waals surface area contributed by atoms with Crippen LogP contribution in [-0.4, -0.2) is 40.0 Å². The van der Waals surface area contributed by atoms with Gasteiger partial charge >= 0.3 is 0 Å². The quantitative estimate of drug-likeness (QED) is 0.623. The molecule has 0 saturated carbocycles. The predicted octanol–water partition coefficient (Wildman–Crippen LogP) is 3.59. The summed E-state index contributed by atoms with van der Waals surface area (Å²) in [6, 6.07) is 8.55. The highest BCUT2D eigenvalue weighted by Crippen LogP contribution is 2.22. The van der Waals surface area contributed by atoms with Crippen molar-refractivity contribution >= 4 is 15.9 Å². The van der Waals surface area contributed by atoms with Crippen LogP contribution >= 0.6 is 15.9 Å². The molecule has 1 rings (SSSR count). The normalized spacial score (nSPS) is 12.6. The molecule has 0 aliphatic rings. The van der Waals surface area contributed by atoms with E-state index < -0.39 is 0 Å². The Hall–Kier alpha value is -0.420. The molecule has 0 aromatic heterocycles. The van der Waals surface area contributed by atoms with E-state index in [9.17, 15) is 0 Å². The second kappa shape index (κ2) is 11.3. The lowest BCUT2D eigenvalue weighted by atomic mass is 9.96. The Morgan fingerprint density at radius 2 is 2.10 bits per heavy atom. The van der Waals surface area contributed by atoms with Crippen molar-refractivity contribution in [2.24, 2.45) is 0 Å². The summed E-state index contributed by atoms with van der Waals surface area (Å²) in [5.41, 5.74) is 1.36. The van der Waals surface area contributed by atoms with Crippen LogP contribution in [0.3, 0.4) is 0 Å². The summed E-state index contributed by atoms with van der Waals surface area (Å²) in [5, 5.41) is 3.44. The van der Waals surface area contributed by atoms with Crippen molar-refractivity contribution < 1.29 is 9.47 Å². The van der Waals surface area contributed by atoms with Crippen molar-refractivity contribution in [2.45, 2.75) is 25.7 Å². The van der Waals surface area contributed by atoms with Crippen LogP contribution in [0.1, 0.15) is 31.2 Å². The Kier molecular flexibility index (Phi) is 9.93. The first kappa shape index (κ1) is 17.6. The summed E-state index contributed by atoms with van der Waals surface area (Å²) in [4.78, 5) is 0. The van der Waals surface area contributed by atoms with Gasteiger partial charge in [0.15, 0.2) is 0 Å². The smallest absolute Gasteiger partial charge is 0.0487 e. The number of nitrogens with one attached hydrogen (secondary N) is 1. The minimum absolute atomic E-state index is 0.495. The molecule has 0 aliphatic carbocycles. The highest BCUT2D eigenvalue weighted by atomic mass is 79.9. The van der Waals surface area contributed by atoms with E-state index in [0.717, 1.165) is 50.2 Å². The number of hydrogen-bond donors (Lipinski definition) is 1. The minimum Gasteiger partial charge on any atom is -0.385 e. The number of ether oxygens (including phenoxy) is 2. The second-order valence-corrected chi connectivity index (χ2v) is 5.72. The maximum absolute atomic E-state index is 5.68. The van der Waals surface area contributed by atoms with Crippen molar-refractivity contribution in [1.82, 2.24) is 5.32 Å². The summed E-state index contributed by atoms with van der Waals surface area (Å²) in [5.74, 6) is 0.495. The van der Waals surface area contributed by atoms with Crippen LogP contribution in [0.15, 0.2) is 28.7 Å². The first-order valence-electron chi connectivity index (χ1n) is 7.30. The number of rotatable bonds is 11. The fourth-order valence-electron chi connectivity index (χ4n) is 2.10. The molecule has 0 heterocycles. The van der Waals surface area contributed by atoms with Crippen LogP contribution in [0.2, 0.25) is 0 Å². The number of likely N-dealkylation sites (N-methyl/N-ethyl adjacent to an activating group) is 1. The molecule has 0 bridgehead atoms. The molecule has 4 heteroatoms. The van der Waals surface area contributed by atoms with Crippen LogP contribution in [0.4, 0.5) is 0 Å². The third kappa shape index (κ3) is 7.39. The van der Waals surface area contributed by atoms with E-state index in [2.05, 4.69) is 52.4 Å². The fraction of sp³-hybridized carbons (Fsp3) is 0.625. The van der Waals surface area contributed by atoms with Gasteiger partial charge in [-0.2, -0.15) is 0 Å². The maximum atomic E-state index is 5.68. The van der Waals surface area contributed by atoms with Gasteiger partial charge in [-0.25, -0.2) is 0 Å². The largest absolute Gasteiger partial charge is 0.385 e. The van der Waals surface area contributed by atoms with Crippen molar-refractivity contribution in [3.8, 4) is 0 Å². The highest BCUT2D eigenvalue weighted by Gasteiger charge is 2.11. The molecule has 0 aliphatic heterocycles. The Balaban J connectivity index is 2.40. The lowest BCUT2D eigenvalue weighted by Gasteiger charge is -2.18. The Bertz CT molecular complexity index is 360. The zero-order valence-corrected chi connectivity index (χ0v) is 14.1. The summed E-state index contributed by atoms with van der Waals surface area (Å²) in [6.07, 6.45) is 2.00. The van der Waals surface area contributed by atoms with Gasteiger partial charge < -0.3 is 14.8 Å². The van der Waals surface area contributed by atoms with Gasteiger partial charge in [0.25, 0.3) is 0 Å². The number of hydrogen-bond acceptors (Lipinski definition) is 3. The third-order valence-corrected chi connectivity index (χ3v) is 3.70. The van der Waals surface area contributed by atoms with E-state index in [4.69, 9.17) is 9.47 Å². The maximum Gasteiger partial charge on any atom is 0.0487 e. The van der Waals surface area contributed by atoms with Crippen LogP contribution in [0, 0.1) is 0 Å². The van der Waals surface area contributed by atoms with Crippen LogP contribution in [-0.2, 0) is 9.47 Å². The van der Waals surface area contributed by atoms with Crippen molar-refractivity contribution in [1.29, 1.82) is 0 Å². The molecule has 20 heavy (non-hydrogen) atoms. The summed E-state index contributed by atoms with van der Waals surface area (Å²) in [6.45, 7) is 6.48. The zero-order chi connectivity index (χ0) is 14.6. The molecule has 114 valence electrons. The monoisotopic (exact) mass is 343 g/mol. The molecule has 1 unspecified atom stereocenters. The summed E-state index contributed by atoms with van der Waals surface area (Å²) >= 11 is 3.54. The Morgan fingerprint density at radius 3 is 2.80 bits per heavy atom. The van der Waals surface area contributed by atoms with E-state index in [-0.39, 0.29) is 0 Å². The topological polar surface area (TPSA) is 30.5 Å². The number of benzene rings is 1. The number of methoxy groups -OCH3 is 1. The van der Waals surface area contributed by atoms with Gasteiger partial charge in [0.05, 0.1) is 0 Å². The molecule has 1 aromatic rings. The first-order valence-corrected chi connectivity index (χ1v) is 8.10. The SMILES string of the molecule is CCNCC(CCOCCCOC)c1cccc(Br)c1. The van der Waals surface area contributed by atoms with Gasteiger partial charge in [-0.05, 0) is 43.0 Å². The highest BCUT2D eigenvalue weighted by molar-refractivity contribution is 9.10. The van der Waals surface area contributed by atoms with Crippen LogP contribution in [0.25, 0.3) is 0 Å². The fourth-order valence-corrected chi connectivity index (χ4v) is 2.52. The molecule has 0 spiro atoms. The van der Waals surface area contributed by atoms with E-state index in [1.54, 1.807) is 7.11 Å². The standard InChI is InChI=1S/C16H26BrNO2/c1-3-18-13-15(8-11-20-10-5-9-19-2)14-6-4-7-16(17)12-14/h4,6-7,12,15,18H,3,5,8-11,13H2,1-2H3. The van der Waals surface area contributed by atoms with E-state index in [1.165, 1.54) is 5.56 Å². The van der Waals surface area contributed by atoms with Crippen LogP contribution in [0.5, 0.6) is 0 Å². The van der Waals surface area contributed by atoms with Crippen molar-refractivity contribution in [3.63, 3.8) is 0 Å². The molecular weight excluding hydrogens is 318 g/mol. The molecule has 3 nitrogen and oxygen atoms in total. The van der Waals surface area contributed by atoms with E-state index >= 15 is 0 Å². The van der Waals surface area contributed by atoms with Gasteiger partial charge in [-0.15, -0.1) is 0 Å². The van der Waals surface area contributed by atoms with E-state index in [0.29, 0.717) is 5.92 Å². The Morgan fingerprint density at radius 1 is 1.25 bits per heavy atom. The first-order chi connectivity index (χ1) is 9.77. The van der Waals surface area contributed by atoms with Gasteiger partial charge in [-0.3, -0.25) is 0 Å². The molecule has 0 radical (unpaired) electrons. The van der Waals surface area contributed by atoms with Crippen molar-refractivity contribution in [3.05, 3.63) is 34.3 Å². The summed E-state index contributed by atoms with van der Waals surface area (Å²) in [7, 11) is 1.72. The number of halogens is 1. The molecule has 1 N–H and O–H groups in total. The zero-order valence-electron chi connectivity index (χ0n) is 12.5. The van der Waals surface area contributed by atoms with E-state index in [1.807, 2.05) is 0 Å². The molecule has 1 atom stereocenters. The van der Waals surface area contributed by atoms with Gasteiger partial charge in [0, 0.05) is 37.9 Å². The van der Waals surface area contributed by atoms with Gasteiger partial charge in [0.1, 0.15) is 0 Å². The molecule has 1 aromatic carbocycles. The van der Waals surface area contributed by atoms with Crippen molar-refractivity contribution in [2.75, 3.05) is 40.0 Å². The molecule has 0 saturated heterocycles. The average molecular weight is 344 g/mol. The van der Waals surface area contributed by atoms with Gasteiger partial charge in [-0.1, -0.05) is 35.0 Å². The second-order valence-electron chi connectivity index (χ2n) is 4.81. The lowest BCUT2D eigenvalue weighted by molar-refractivity contribution is 0.0980. The van der Waals surface area contributed by atoms with Gasteiger partial charge in [0.2, 0.25) is 0 Å². The Labute approximate surface area is 131 Å². The predicted molar refractivity (Wildman–Crippen MR) is 87.4 cm³/mol. The molecule has 0 amide bonds. The lowest BCUT2D eigenvalue weighted by Crippen LogP contribution is -2.22. The third-order valence-electron chi connectivity index (χ3n) is 3.21. The minimum atomic E-state index is 0.495.